The summed E-state index contributed by atoms with van der Waals surface area (Å²) in [5.41, 5.74) is 0. The third-order valence-corrected chi connectivity index (χ3v) is 11.3. The van der Waals surface area contributed by atoms with Crippen LogP contribution in [-0.4, -0.2) is 122 Å². The lowest BCUT2D eigenvalue weighted by atomic mass is 9.79. The molecule has 16 nitrogen and oxygen atoms in total. The molecule has 3 heterocycles. The summed E-state index contributed by atoms with van der Waals surface area (Å²) >= 11 is 0. The molecule has 2 saturated heterocycles. The van der Waals surface area contributed by atoms with Crippen molar-refractivity contribution in [3.8, 4) is 0 Å². The fraction of sp³-hybridized carbons (Fsp3) is 0.744. The number of amides is 6. The summed E-state index contributed by atoms with van der Waals surface area (Å²) in [6.45, 7) is 7.80. The predicted molar refractivity (Wildman–Crippen MR) is 203 cm³/mol. The summed E-state index contributed by atoms with van der Waals surface area (Å²) in [6, 6.07) is -5.07. The maximum Gasteiger partial charge on any atom is 0.245 e. The Balaban J connectivity index is 1.42. The van der Waals surface area contributed by atoms with Gasteiger partial charge in [-0.05, 0) is 70.6 Å². The summed E-state index contributed by atoms with van der Waals surface area (Å²) in [6.07, 6.45) is 12.4. The van der Waals surface area contributed by atoms with E-state index in [9.17, 15) is 38.7 Å². The van der Waals surface area contributed by atoms with Crippen LogP contribution >= 0.6 is 0 Å². The molecule has 55 heavy (non-hydrogen) atoms. The van der Waals surface area contributed by atoms with E-state index >= 15 is 0 Å². The number of nitrogens with one attached hydrogen (secondary N) is 4. The standard InChI is InChI=1S/C39H62N8O8/c1-5-18-41-37(53)34(27(4)48)44-36(52)31-15-11-21-46(31)38(54)26(3)42-35(51)30-14-9-10-20-47(30)39(55)29(16-17-33(50)45-22-19-40-24-45)43-32(49)23-25(2)28-12-7-6-8-13-28/h19,22,24-31,34,48H,5-18,20-21,23H2,1-4H3,(H,41,53)(H,42,51)(H,43,49)(H,44,52)/t25-,26-,27+,29-,30-,31-,34-/m0/s1. The van der Waals surface area contributed by atoms with Crippen molar-refractivity contribution in [1.29, 1.82) is 0 Å². The van der Waals surface area contributed by atoms with Gasteiger partial charge in [0.05, 0.1) is 6.10 Å². The summed E-state index contributed by atoms with van der Waals surface area (Å²) in [5.74, 6) is -2.53. The lowest BCUT2D eigenvalue weighted by molar-refractivity contribution is -0.147. The Morgan fingerprint density at radius 2 is 1.44 bits per heavy atom. The molecule has 1 aromatic rings. The minimum Gasteiger partial charge on any atom is -0.391 e. The van der Waals surface area contributed by atoms with Gasteiger partial charge in [-0.2, -0.15) is 0 Å². The number of aliphatic hydroxyl groups is 1. The highest BCUT2D eigenvalue weighted by Crippen LogP contribution is 2.31. The molecule has 16 heteroatoms. The Hall–Kier alpha value is -4.34. The molecule has 0 bridgehead atoms. The molecular weight excluding hydrogens is 708 g/mol. The summed E-state index contributed by atoms with van der Waals surface area (Å²) in [5, 5.41) is 21.2. The van der Waals surface area contributed by atoms with Crippen molar-refractivity contribution in [2.24, 2.45) is 11.8 Å². The fourth-order valence-electron chi connectivity index (χ4n) is 8.08. The van der Waals surface area contributed by atoms with Crippen LogP contribution < -0.4 is 21.3 Å². The Labute approximate surface area is 324 Å². The van der Waals surface area contributed by atoms with Crippen LogP contribution in [0.3, 0.4) is 0 Å². The topological polar surface area (TPSA) is 212 Å². The average Bonchev–Trinajstić information content (AvgIpc) is 3.91. The Kier molecular flexibility index (Phi) is 16.6. The molecule has 1 aromatic heterocycles. The molecule has 6 amide bonds. The van der Waals surface area contributed by atoms with Crippen LogP contribution in [0, 0.1) is 11.8 Å². The minimum atomic E-state index is -1.19. The van der Waals surface area contributed by atoms with Crippen molar-refractivity contribution >= 4 is 41.4 Å². The highest BCUT2D eigenvalue weighted by molar-refractivity contribution is 5.97. The number of imidazole rings is 1. The highest BCUT2D eigenvalue weighted by Gasteiger charge is 2.41. The van der Waals surface area contributed by atoms with Gasteiger partial charge in [0, 0.05) is 44.9 Å². The molecule has 7 atom stereocenters. The Morgan fingerprint density at radius 3 is 2.09 bits per heavy atom. The molecule has 306 valence electrons. The SMILES string of the molecule is CCCNC(=O)[C@@H](NC(=O)[C@@H]1CCCN1C(=O)[C@H](C)NC(=O)[C@@H]1CCCCN1C(=O)[C@H](CCC(=O)n1ccnc1)NC(=O)C[C@H](C)C1CCCCC1)[C@@H](C)O. The number of likely N-dealkylation sites (tertiary alicyclic amines) is 2. The van der Waals surface area contributed by atoms with Crippen LogP contribution in [0.2, 0.25) is 0 Å². The monoisotopic (exact) mass is 770 g/mol. The zero-order chi connectivity index (χ0) is 40.1. The first kappa shape index (κ1) is 43.4. The number of nitrogens with zero attached hydrogens (tertiary/aromatic N) is 4. The molecule has 0 radical (unpaired) electrons. The van der Waals surface area contributed by atoms with E-state index in [2.05, 4.69) is 33.2 Å². The van der Waals surface area contributed by atoms with Crippen molar-refractivity contribution < 1.29 is 38.7 Å². The van der Waals surface area contributed by atoms with Crippen LogP contribution in [0.25, 0.3) is 0 Å². The van der Waals surface area contributed by atoms with Gasteiger partial charge in [0.15, 0.2) is 0 Å². The number of aromatic nitrogens is 2. The van der Waals surface area contributed by atoms with E-state index < -0.39 is 65.8 Å². The molecule has 5 N–H and O–H groups in total. The van der Waals surface area contributed by atoms with Crippen LogP contribution in [-0.2, 0) is 28.8 Å². The number of aliphatic hydroxyl groups excluding tert-OH is 1. The molecule has 3 aliphatic rings. The van der Waals surface area contributed by atoms with Gasteiger partial charge in [-0.15, -0.1) is 0 Å². The number of carbonyl (C=O) groups excluding carboxylic acids is 7. The van der Waals surface area contributed by atoms with E-state index in [0.29, 0.717) is 51.0 Å². The fourth-order valence-corrected chi connectivity index (χ4v) is 8.08. The molecule has 2 aliphatic heterocycles. The second-order valence-electron chi connectivity index (χ2n) is 15.6. The van der Waals surface area contributed by atoms with E-state index in [0.717, 1.165) is 25.7 Å². The number of hydrogen-bond donors (Lipinski definition) is 5. The van der Waals surface area contributed by atoms with Crippen molar-refractivity contribution in [2.75, 3.05) is 19.6 Å². The third kappa shape index (κ3) is 12.1. The van der Waals surface area contributed by atoms with Crippen molar-refractivity contribution in [3.63, 3.8) is 0 Å². The number of carbonyl (C=O) groups is 7. The molecule has 0 unspecified atom stereocenters. The quantitative estimate of drug-likeness (QED) is 0.156. The van der Waals surface area contributed by atoms with Crippen molar-refractivity contribution in [3.05, 3.63) is 18.7 Å². The lowest BCUT2D eigenvalue weighted by Gasteiger charge is -2.38. The molecule has 1 saturated carbocycles. The van der Waals surface area contributed by atoms with E-state index in [1.807, 2.05) is 6.92 Å². The second-order valence-corrected chi connectivity index (χ2v) is 15.6. The summed E-state index contributed by atoms with van der Waals surface area (Å²) < 4.78 is 1.33. The van der Waals surface area contributed by atoms with Crippen LogP contribution in [0.1, 0.15) is 122 Å². The van der Waals surface area contributed by atoms with Crippen LogP contribution in [0.4, 0.5) is 0 Å². The highest BCUT2D eigenvalue weighted by atomic mass is 16.3. The number of hydrogen-bond acceptors (Lipinski definition) is 9. The van der Waals surface area contributed by atoms with Crippen molar-refractivity contribution in [2.45, 2.75) is 154 Å². The molecule has 1 aliphatic carbocycles. The van der Waals surface area contributed by atoms with Gasteiger partial charge in [0.25, 0.3) is 0 Å². The van der Waals surface area contributed by atoms with Crippen molar-refractivity contribution in [1.82, 2.24) is 40.6 Å². The van der Waals surface area contributed by atoms with E-state index in [-0.39, 0.29) is 50.1 Å². The van der Waals surface area contributed by atoms with Crippen LogP contribution in [0.15, 0.2) is 18.7 Å². The summed E-state index contributed by atoms with van der Waals surface area (Å²) in [4.78, 5) is 101. The molecule has 0 spiro atoms. The first-order chi connectivity index (χ1) is 26.3. The normalized spacial score (nSPS) is 21.8. The zero-order valence-electron chi connectivity index (χ0n) is 33.0. The smallest absolute Gasteiger partial charge is 0.245 e. The second kappa shape index (κ2) is 21.1. The average molecular weight is 771 g/mol. The predicted octanol–water partition coefficient (Wildman–Crippen LogP) is 1.66. The van der Waals surface area contributed by atoms with Gasteiger partial charge in [0.1, 0.15) is 36.5 Å². The third-order valence-electron chi connectivity index (χ3n) is 11.3. The van der Waals surface area contributed by atoms with E-state index in [1.165, 1.54) is 53.4 Å². The van der Waals surface area contributed by atoms with E-state index in [4.69, 9.17) is 0 Å². The summed E-state index contributed by atoms with van der Waals surface area (Å²) in [7, 11) is 0. The van der Waals surface area contributed by atoms with Crippen LogP contribution in [0.5, 0.6) is 0 Å². The maximum absolute atomic E-state index is 14.3. The number of rotatable bonds is 17. The molecule has 4 rings (SSSR count). The Bertz CT molecular complexity index is 1480. The first-order valence-corrected chi connectivity index (χ1v) is 20.3. The first-order valence-electron chi connectivity index (χ1n) is 20.3. The maximum atomic E-state index is 14.3. The largest absolute Gasteiger partial charge is 0.391 e. The van der Waals surface area contributed by atoms with Gasteiger partial charge < -0.3 is 36.2 Å². The molecular formula is C39H62N8O8. The van der Waals surface area contributed by atoms with Gasteiger partial charge in [-0.25, -0.2) is 4.98 Å². The van der Waals surface area contributed by atoms with Gasteiger partial charge in [-0.3, -0.25) is 38.1 Å². The van der Waals surface area contributed by atoms with Gasteiger partial charge in [0.2, 0.25) is 41.4 Å². The molecule has 0 aromatic carbocycles. The lowest BCUT2D eigenvalue weighted by Crippen LogP contribution is -2.60. The van der Waals surface area contributed by atoms with E-state index in [1.54, 1.807) is 0 Å². The minimum absolute atomic E-state index is 0.0343. The molecule has 3 fully saturated rings. The zero-order valence-corrected chi connectivity index (χ0v) is 33.0. The number of piperidine rings is 1. The van der Waals surface area contributed by atoms with Gasteiger partial charge in [-0.1, -0.05) is 46.0 Å². The van der Waals surface area contributed by atoms with Gasteiger partial charge >= 0.3 is 0 Å². The Morgan fingerprint density at radius 1 is 0.800 bits per heavy atom.